The number of thiazole rings is 1. The molecule has 0 radical (unpaired) electrons. The van der Waals surface area contributed by atoms with Crippen molar-refractivity contribution in [2.45, 2.75) is 27.3 Å². The molecule has 0 spiro atoms. The summed E-state index contributed by atoms with van der Waals surface area (Å²) in [7, 11) is 0. The first-order valence-electron chi connectivity index (χ1n) is 8.87. The van der Waals surface area contributed by atoms with Crippen molar-refractivity contribution < 1.29 is 4.79 Å². The smallest absolute Gasteiger partial charge is 0.262 e. The maximum absolute atomic E-state index is 12.8. The number of aromatic nitrogens is 3. The largest absolute Gasteiger partial charge is 0.298 e. The van der Waals surface area contributed by atoms with E-state index in [-0.39, 0.29) is 5.91 Å². The van der Waals surface area contributed by atoms with Crippen LogP contribution in [0.25, 0.3) is 10.2 Å². The maximum atomic E-state index is 12.8. The molecule has 0 atom stereocenters. The van der Waals surface area contributed by atoms with Crippen LogP contribution in [0.15, 0.2) is 42.5 Å². The summed E-state index contributed by atoms with van der Waals surface area (Å²) in [6.07, 6.45) is 0. The fourth-order valence-corrected chi connectivity index (χ4v) is 4.31. The number of anilines is 1. The summed E-state index contributed by atoms with van der Waals surface area (Å²) in [4.78, 5) is 17.3. The molecule has 0 fully saturated rings. The van der Waals surface area contributed by atoms with E-state index >= 15 is 0 Å². The highest BCUT2D eigenvalue weighted by atomic mass is 35.5. The number of halogens is 1. The summed E-state index contributed by atoms with van der Waals surface area (Å²) < 4.78 is 2.69. The minimum Gasteiger partial charge on any atom is -0.298 e. The van der Waals surface area contributed by atoms with E-state index in [0.717, 1.165) is 21.3 Å². The summed E-state index contributed by atoms with van der Waals surface area (Å²) in [5.74, 6) is -0.298. The Morgan fingerprint density at radius 1 is 1.11 bits per heavy atom. The number of amides is 1. The van der Waals surface area contributed by atoms with Crippen molar-refractivity contribution in [1.82, 2.24) is 14.8 Å². The third kappa shape index (κ3) is 3.66. The minimum absolute atomic E-state index is 0.298. The molecule has 4 rings (SSSR count). The van der Waals surface area contributed by atoms with Crippen molar-refractivity contribution in [2.24, 2.45) is 0 Å². The monoisotopic (exact) mass is 410 g/mol. The van der Waals surface area contributed by atoms with Gasteiger partial charge in [-0.25, -0.2) is 9.67 Å². The molecule has 1 N–H and O–H groups in total. The highest BCUT2D eigenvalue weighted by molar-refractivity contribution is 7.22. The average Bonchev–Trinajstić information content (AvgIpc) is 3.16. The normalized spacial score (nSPS) is 11.1. The van der Waals surface area contributed by atoms with Gasteiger partial charge in [-0.15, -0.1) is 0 Å². The van der Waals surface area contributed by atoms with Crippen LogP contribution in [0.2, 0.25) is 5.15 Å². The second-order valence-electron chi connectivity index (χ2n) is 6.84. The van der Waals surface area contributed by atoms with Crippen LogP contribution in [0.5, 0.6) is 0 Å². The van der Waals surface area contributed by atoms with Crippen molar-refractivity contribution in [1.29, 1.82) is 0 Å². The topological polar surface area (TPSA) is 59.8 Å². The van der Waals surface area contributed by atoms with Gasteiger partial charge in [-0.05, 0) is 44.0 Å². The second-order valence-corrected chi connectivity index (χ2v) is 8.23. The van der Waals surface area contributed by atoms with Crippen LogP contribution in [-0.2, 0) is 6.54 Å². The number of hydrogen-bond acceptors (Lipinski definition) is 4. The first-order valence-corrected chi connectivity index (χ1v) is 10.1. The van der Waals surface area contributed by atoms with Gasteiger partial charge in [0.2, 0.25) is 0 Å². The summed E-state index contributed by atoms with van der Waals surface area (Å²) in [6.45, 7) is 6.37. The van der Waals surface area contributed by atoms with Crippen LogP contribution in [0.3, 0.4) is 0 Å². The van der Waals surface area contributed by atoms with E-state index in [1.54, 1.807) is 11.6 Å². The zero-order chi connectivity index (χ0) is 19.8. The van der Waals surface area contributed by atoms with E-state index in [2.05, 4.69) is 21.5 Å². The van der Waals surface area contributed by atoms with Gasteiger partial charge in [0.25, 0.3) is 5.91 Å². The van der Waals surface area contributed by atoms with E-state index in [0.29, 0.717) is 28.1 Å². The summed E-state index contributed by atoms with van der Waals surface area (Å²) in [6, 6.07) is 14.2. The third-order valence-electron chi connectivity index (χ3n) is 4.51. The first kappa shape index (κ1) is 18.7. The van der Waals surface area contributed by atoms with Crippen molar-refractivity contribution in [3.05, 3.63) is 75.6 Å². The SMILES string of the molecule is Cc1ccc(Cn2nc(C)c(C(=O)Nc3nc4ccc(C)cc4s3)c2Cl)cc1. The number of carbonyl (C=O) groups excluding carboxylic acids is 1. The number of fused-ring (bicyclic) bond motifs is 1. The molecule has 0 aliphatic rings. The Balaban J connectivity index is 1.58. The number of nitrogens with zero attached hydrogens (tertiary/aromatic N) is 3. The van der Waals surface area contributed by atoms with Gasteiger partial charge >= 0.3 is 0 Å². The number of rotatable bonds is 4. The number of nitrogens with one attached hydrogen (secondary N) is 1. The van der Waals surface area contributed by atoms with E-state index in [4.69, 9.17) is 11.6 Å². The predicted molar refractivity (Wildman–Crippen MR) is 115 cm³/mol. The summed E-state index contributed by atoms with van der Waals surface area (Å²) in [5, 5.41) is 8.19. The molecular formula is C21H19ClN4OS. The Labute approximate surface area is 172 Å². The van der Waals surface area contributed by atoms with Gasteiger partial charge < -0.3 is 0 Å². The standard InChI is InChI=1S/C21H19ClN4OS/c1-12-4-7-15(8-5-12)11-26-19(22)18(14(3)25-26)20(27)24-21-23-16-9-6-13(2)10-17(16)28-21/h4-10H,11H2,1-3H3,(H,23,24,27). The van der Waals surface area contributed by atoms with E-state index in [9.17, 15) is 4.79 Å². The van der Waals surface area contributed by atoms with Gasteiger partial charge in [0.05, 0.1) is 28.0 Å². The Bertz CT molecular complexity index is 1180. The van der Waals surface area contributed by atoms with Crippen molar-refractivity contribution >= 4 is 44.2 Å². The fourth-order valence-electron chi connectivity index (χ4n) is 3.03. The predicted octanol–water partition coefficient (Wildman–Crippen LogP) is 5.37. The van der Waals surface area contributed by atoms with Crippen LogP contribution in [0.4, 0.5) is 5.13 Å². The molecule has 2 aromatic carbocycles. The van der Waals surface area contributed by atoms with Crippen molar-refractivity contribution in [2.75, 3.05) is 5.32 Å². The van der Waals surface area contributed by atoms with E-state index < -0.39 is 0 Å². The van der Waals surface area contributed by atoms with Crippen LogP contribution >= 0.6 is 22.9 Å². The molecule has 0 bridgehead atoms. The van der Waals surface area contributed by atoms with Crippen molar-refractivity contribution in [3.8, 4) is 0 Å². The number of carbonyl (C=O) groups is 1. The molecule has 7 heteroatoms. The minimum atomic E-state index is -0.298. The maximum Gasteiger partial charge on any atom is 0.262 e. The quantitative estimate of drug-likeness (QED) is 0.491. The molecule has 2 heterocycles. The molecule has 1 amide bonds. The summed E-state index contributed by atoms with van der Waals surface area (Å²) in [5.41, 5.74) is 5.26. The number of aryl methyl sites for hydroxylation is 3. The Morgan fingerprint density at radius 2 is 1.82 bits per heavy atom. The van der Waals surface area contributed by atoms with Gasteiger partial charge in [0.1, 0.15) is 5.15 Å². The molecule has 2 aromatic heterocycles. The Kier molecular flexibility index (Phi) is 4.91. The zero-order valence-electron chi connectivity index (χ0n) is 15.8. The van der Waals surface area contributed by atoms with Crippen LogP contribution < -0.4 is 5.32 Å². The van der Waals surface area contributed by atoms with E-state index in [1.165, 1.54) is 16.9 Å². The zero-order valence-corrected chi connectivity index (χ0v) is 17.4. The molecule has 28 heavy (non-hydrogen) atoms. The molecule has 142 valence electrons. The van der Waals surface area contributed by atoms with Gasteiger partial charge in [0.15, 0.2) is 5.13 Å². The van der Waals surface area contributed by atoms with Crippen LogP contribution in [0, 0.1) is 20.8 Å². The molecule has 0 unspecified atom stereocenters. The van der Waals surface area contributed by atoms with Gasteiger partial charge in [0, 0.05) is 0 Å². The number of benzene rings is 2. The van der Waals surface area contributed by atoms with Crippen LogP contribution in [0.1, 0.15) is 32.7 Å². The van der Waals surface area contributed by atoms with Gasteiger partial charge in [-0.3, -0.25) is 10.1 Å². The Hall–Kier alpha value is -2.70. The lowest BCUT2D eigenvalue weighted by molar-refractivity contribution is 0.102. The Morgan fingerprint density at radius 3 is 2.57 bits per heavy atom. The van der Waals surface area contributed by atoms with Crippen molar-refractivity contribution in [3.63, 3.8) is 0 Å². The molecular weight excluding hydrogens is 392 g/mol. The lowest BCUT2D eigenvalue weighted by atomic mass is 10.1. The first-order chi connectivity index (χ1) is 13.4. The third-order valence-corrected chi connectivity index (χ3v) is 5.83. The number of hydrogen-bond donors (Lipinski definition) is 1. The molecule has 0 saturated carbocycles. The molecule has 0 aliphatic carbocycles. The molecule has 0 saturated heterocycles. The lowest BCUT2D eigenvalue weighted by Gasteiger charge is -2.05. The summed E-state index contributed by atoms with van der Waals surface area (Å²) >= 11 is 7.94. The van der Waals surface area contributed by atoms with Gasteiger partial charge in [-0.2, -0.15) is 5.10 Å². The van der Waals surface area contributed by atoms with E-state index in [1.807, 2.05) is 50.2 Å². The molecule has 0 aliphatic heterocycles. The lowest BCUT2D eigenvalue weighted by Crippen LogP contribution is -2.13. The second kappa shape index (κ2) is 7.37. The molecule has 4 aromatic rings. The van der Waals surface area contributed by atoms with Crippen LogP contribution in [-0.4, -0.2) is 20.7 Å². The highest BCUT2D eigenvalue weighted by Crippen LogP contribution is 2.28. The fraction of sp³-hybridized carbons (Fsp3) is 0.190. The molecule has 5 nitrogen and oxygen atoms in total. The van der Waals surface area contributed by atoms with Gasteiger partial charge in [-0.1, -0.05) is 58.8 Å². The average molecular weight is 411 g/mol. The highest BCUT2D eigenvalue weighted by Gasteiger charge is 2.21.